The second-order valence-electron chi connectivity index (χ2n) is 7.17. The fourth-order valence-electron chi connectivity index (χ4n) is 3.59. The summed E-state index contributed by atoms with van der Waals surface area (Å²) in [5.74, 6) is -0.344. The molecule has 0 spiro atoms. The summed E-state index contributed by atoms with van der Waals surface area (Å²) in [7, 11) is -3.65. The fourth-order valence-corrected chi connectivity index (χ4v) is 5.08. The Bertz CT molecular complexity index is 1100. The SMILES string of the molecule is Cc1cc(-c2ccccc2)cc(C2COCC(S(=O)(=O)c3ccccc3)N2)c1F. The number of hydrogen-bond acceptors (Lipinski definition) is 4. The van der Waals surface area contributed by atoms with Crippen molar-refractivity contribution < 1.29 is 17.5 Å². The first kappa shape index (κ1) is 19.8. The van der Waals surface area contributed by atoms with E-state index in [4.69, 9.17) is 4.74 Å². The van der Waals surface area contributed by atoms with E-state index in [-0.39, 0.29) is 23.9 Å². The monoisotopic (exact) mass is 411 g/mol. The Morgan fingerprint density at radius 1 is 0.931 bits per heavy atom. The summed E-state index contributed by atoms with van der Waals surface area (Å²) >= 11 is 0. The molecule has 0 bridgehead atoms. The number of nitrogens with one attached hydrogen (secondary N) is 1. The smallest absolute Gasteiger partial charge is 0.196 e. The third-order valence-corrected chi connectivity index (χ3v) is 7.10. The molecule has 1 saturated heterocycles. The summed E-state index contributed by atoms with van der Waals surface area (Å²) in [4.78, 5) is 0.219. The standard InChI is InChI=1S/C23H22FNO3S/c1-16-12-18(17-8-4-2-5-9-17)13-20(23(16)24)21-14-28-15-22(25-21)29(26,27)19-10-6-3-7-11-19/h2-13,21-22,25H,14-15H2,1H3. The molecule has 0 aromatic heterocycles. The lowest BCUT2D eigenvalue weighted by Gasteiger charge is -2.31. The molecule has 3 aromatic rings. The van der Waals surface area contributed by atoms with E-state index in [0.717, 1.165) is 11.1 Å². The van der Waals surface area contributed by atoms with Crippen LogP contribution in [0.5, 0.6) is 0 Å². The molecule has 1 fully saturated rings. The molecular formula is C23H22FNO3S. The summed E-state index contributed by atoms with van der Waals surface area (Å²) in [6.45, 7) is 1.94. The van der Waals surface area contributed by atoms with Gasteiger partial charge in [0.05, 0.1) is 24.2 Å². The number of benzene rings is 3. The largest absolute Gasteiger partial charge is 0.377 e. The number of hydrogen-bond donors (Lipinski definition) is 1. The first-order valence-corrected chi connectivity index (χ1v) is 11.0. The molecule has 2 unspecified atom stereocenters. The number of sulfone groups is 1. The molecule has 4 nitrogen and oxygen atoms in total. The molecule has 6 heteroatoms. The molecule has 0 amide bonds. The summed E-state index contributed by atoms with van der Waals surface area (Å²) in [5.41, 5.74) is 2.78. The zero-order valence-corrected chi connectivity index (χ0v) is 16.8. The number of morpholine rings is 1. The van der Waals surface area contributed by atoms with Gasteiger partial charge in [-0.25, -0.2) is 12.8 Å². The van der Waals surface area contributed by atoms with Gasteiger partial charge < -0.3 is 4.74 Å². The van der Waals surface area contributed by atoms with Crippen molar-refractivity contribution in [3.05, 3.63) is 89.7 Å². The Labute approximate surface area is 170 Å². The zero-order chi connectivity index (χ0) is 20.4. The van der Waals surface area contributed by atoms with Gasteiger partial charge in [0.15, 0.2) is 9.84 Å². The maximum Gasteiger partial charge on any atom is 0.196 e. The number of rotatable bonds is 4. The quantitative estimate of drug-likeness (QED) is 0.697. The lowest BCUT2D eigenvalue weighted by molar-refractivity contribution is 0.0645. The molecule has 150 valence electrons. The maximum absolute atomic E-state index is 15.0. The van der Waals surface area contributed by atoms with E-state index < -0.39 is 21.3 Å². The van der Waals surface area contributed by atoms with Crippen molar-refractivity contribution in [3.8, 4) is 11.1 Å². The Morgan fingerprint density at radius 2 is 1.59 bits per heavy atom. The highest BCUT2D eigenvalue weighted by Gasteiger charge is 2.34. The number of aryl methyl sites for hydroxylation is 1. The summed E-state index contributed by atoms with van der Waals surface area (Å²) < 4.78 is 46.5. The van der Waals surface area contributed by atoms with E-state index >= 15 is 0 Å². The number of halogens is 1. The molecular weight excluding hydrogens is 389 g/mol. The van der Waals surface area contributed by atoms with Crippen LogP contribution in [0.15, 0.2) is 77.7 Å². The lowest BCUT2D eigenvalue weighted by Crippen LogP contribution is -2.48. The summed E-state index contributed by atoms with van der Waals surface area (Å²) in [6.07, 6.45) is 0. The van der Waals surface area contributed by atoms with Gasteiger partial charge in [0.25, 0.3) is 0 Å². The minimum Gasteiger partial charge on any atom is -0.377 e. The predicted octanol–water partition coefficient (Wildman–Crippen LogP) is 4.26. The van der Waals surface area contributed by atoms with E-state index in [9.17, 15) is 12.8 Å². The molecule has 0 aliphatic carbocycles. The molecule has 4 rings (SSSR count). The summed E-state index contributed by atoms with van der Waals surface area (Å²) in [5, 5.41) is 2.16. The van der Waals surface area contributed by atoms with Crippen LogP contribution in [0.3, 0.4) is 0 Å². The van der Waals surface area contributed by atoms with Crippen LogP contribution in [-0.4, -0.2) is 27.0 Å². The van der Waals surface area contributed by atoms with Crippen molar-refractivity contribution in [2.75, 3.05) is 13.2 Å². The van der Waals surface area contributed by atoms with Gasteiger partial charge in [-0.15, -0.1) is 0 Å². The Balaban J connectivity index is 1.68. The van der Waals surface area contributed by atoms with Crippen LogP contribution in [0.25, 0.3) is 11.1 Å². The van der Waals surface area contributed by atoms with Gasteiger partial charge in [0.2, 0.25) is 0 Å². The molecule has 29 heavy (non-hydrogen) atoms. The minimum absolute atomic E-state index is 0.0205. The van der Waals surface area contributed by atoms with Crippen LogP contribution in [0.4, 0.5) is 4.39 Å². The van der Waals surface area contributed by atoms with Gasteiger partial charge in [-0.3, -0.25) is 5.32 Å². The van der Waals surface area contributed by atoms with Crippen molar-refractivity contribution >= 4 is 9.84 Å². The third kappa shape index (κ3) is 3.96. The van der Waals surface area contributed by atoms with E-state index in [1.54, 1.807) is 49.4 Å². The van der Waals surface area contributed by atoms with E-state index in [1.165, 1.54) is 0 Å². The van der Waals surface area contributed by atoms with Crippen LogP contribution in [0, 0.1) is 12.7 Å². The molecule has 2 atom stereocenters. The van der Waals surface area contributed by atoms with E-state index in [1.807, 2.05) is 30.3 Å². The molecule has 0 saturated carbocycles. The van der Waals surface area contributed by atoms with Crippen LogP contribution in [0.1, 0.15) is 17.2 Å². The summed E-state index contributed by atoms with van der Waals surface area (Å²) in [6, 6.07) is 21.0. The molecule has 1 aliphatic heterocycles. The second kappa shape index (κ2) is 8.06. The molecule has 1 aliphatic rings. The topological polar surface area (TPSA) is 55.4 Å². The van der Waals surface area contributed by atoms with Crippen molar-refractivity contribution in [1.82, 2.24) is 5.32 Å². The maximum atomic E-state index is 15.0. The highest BCUT2D eigenvalue weighted by molar-refractivity contribution is 7.92. The van der Waals surface area contributed by atoms with Gasteiger partial charge in [-0.1, -0.05) is 48.5 Å². The predicted molar refractivity (Wildman–Crippen MR) is 111 cm³/mol. The van der Waals surface area contributed by atoms with E-state index in [2.05, 4.69) is 5.32 Å². The highest BCUT2D eigenvalue weighted by atomic mass is 32.2. The Hall–Kier alpha value is -2.54. The third-order valence-electron chi connectivity index (χ3n) is 5.15. The van der Waals surface area contributed by atoms with Gasteiger partial charge in [0.1, 0.15) is 11.2 Å². The van der Waals surface area contributed by atoms with Crippen molar-refractivity contribution in [2.24, 2.45) is 0 Å². The van der Waals surface area contributed by atoms with Crippen LogP contribution >= 0.6 is 0 Å². The molecule has 1 N–H and O–H groups in total. The lowest BCUT2D eigenvalue weighted by atomic mass is 9.96. The average molecular weight is 411 g/mol. The van der Waals surface area contributed by atoms with E-state index in [0.29, 0.717) is 11.1 Å². The first-order chi connectivity index (χ1) is 14.0. The van der Waals surface area contributed by atoms with Crippen molar-refractivity contribution in [1.29, 1.82) is 0 Å². The first-order valence-electron chi connectivity index (χ1n) is 9.45. The fraction of sp³-hybridized carbons (Fsp3) is 0.217. The van der Waals surface area contributed by atoms with Gasteiger partial charge in [-0.05, 0) is 47.9 Å². The Kier molecular flexibility index (Phi) is 5.50. The average Bonchev–Trinajstić information content (AvgIpc) is 2.77. The van der Waals surface area contributed by atoms with Gasteiger partial charge in [-0.2, -0.15) is 0 Å². The Morgan fingerprint density at radius 3 is 2.28 bits per heavy atom. The van der Waals surface area contributed by atoms with Crippen LogP contribution < -0.4 is 5.32 Å². The zero-order valence-electron chi connectivity index (χ0n) is 16.0. The molecule has 1 heterocycles. The van der Waals surface area contributed by atoms with Crippen molar-refractivity contribution in [3.63, 3.8) is 0 Å². The van der Waals surface area contributed by atoms with Crippen LogP contribution in [0.2, 0.25) is 0 Å². The van der Waals surface area contributed by atoms with Crippen LogP contribution in [-0.2, 0) is 14.6 Å². The normalized spacial score (nSPS) is 19.8. The number of ether oxygens (including phenoxy) is 1. The van der Waals surface area contributed by atoms with Crippen molar-refractivity contribution in [2.45, 2.75) is 23.2 Å². The molecule has 0 radical (unpaired) electrons. The second-order valence-corrected chi connectivity index (χ2v) is 9.30. The minimum atomic E-state index is -3.65. The van der Waals surface area contributed by atoms with Gasteiger partial charge in [0, 0.05) is 5.56 Å². The molecule has 3 aromatic carbocycles. The highest BCUT2D eigenvalue weighted by Crippen LogP contribution is 2.31. The van der Waals surface area contributed by atoms with Gasteiger partial charge >= 0.3 is 0 Å².